The molecule has 74 valence electrons. The molecule has 0 atom stereocenters. The molecule has 1 heterocycles. The van der Waals surface area contributed by atoms with Crippen LogP contribution in [0.1, 0.15) is 15.6 Å². The Morgan fingerprint density at radius 3 is 2.38 bits per heavy atom. The van der Waals surface area contributed by atoms with Gasteiger partial charge in [-0.25, -0.2) is 4.98 Å². The van der Waals surface area contributed by atoms with Gasteiger partial charge in [0.1, 0.15) is 5.01 Å². The lowest BCUT2D eigenvalue weighted by Crippen LogP contribution is -2.10. The Kier molecular flexibility index (Phi) is 2.89. The molecule has 0 fully saturated rings. The van der Waals surface area contributed by atoms with E-state index in [4.69, 9.17) is 10.8 Å². The quantitative estimate of drug-likeness (QED) is 0.772. The van der Waals surface area contributed by atoms with Crippen LogP contribution in [0.25, 0.3) is 0 Å². The number of aliphatic hydroxyl groups is 1. The molecule has 1 aromatic rings. The van der Waals surface area contributed by atoms with E-state index in [-0.39, 0.29) is 16.4 Å². The molecule has 0 saturated carbocycles. The van der Waals surface area contributed by atoms with Crippen LogP contribution < -0.4 is 5.73 Å². The van der Waals surface area contributed by atoms with Gasteiger partial charge in [-0.3, -0.25) is 0 Å². The summed E-state index contributed by atoms with van der Waals surface area (Å²) in [4.78, 5) is 3.19. The first kappa shape index (κ1) is 10.4. The summed E-state index contributed by atoms with van der Waals surface area (Å²) in [5.41, 5.74) is 4.12. The predicted molar refractivity (Wildman–Crippen MR) is 40.9 cm³/mol. The summed E-state index contributed by atoms with van der Waals surface area (Å²) in [5.74, 6) is 0. The van der Waals surface area contributed by atoms with Crippen molar-refractivity contribution < 1.29 is 18.3 Å². The molecule has 13 heavy (non-hydrogen) atoms. The molecule has 3 nitrogen and oxygen atoms in total. The fourth-order valence-corrected chi connectivity index (χ4v) is 1.66. The van der Waals surface area contributed by atoms with Crippen LogP contribution in [0, 0.1) is 0 Å². The van der Waals surface area contributed by atoms with Crippen molar-refractivity contribution in [3.63, 3.8) is 0 Å². The van der Waals surface area contributed by atoms with Gasteiger partial charge in [-0.1, -0.05) is 0 Å². The van der Waals surface area contributed by atoms with Crippen LogP contribution in [0.4, 0.5) is 13.2 Å². The van der Waals surface area contributed by atoms with Crippen LogP contribution >= 0.6 is 11.3 Å². The molecule has 0 amide bonds. The SMILES string of the molecule is NCc1sc(CO)nc1C(F)(F)F. The van der Waals surface area contributed by atoms with Gasteiger partial charge < -0.3 is 10.8 Å². The molecule has 0 saturated heterocycles. The number of rotatable bonds is 2. The molecule has 0 spiro atoms. The minimum absolute atomic E-state index is 0.0350. The number of aromatic nitrogens is 1. The van der Waals surface area contributed by atoms with Crippen molar-refractivity contribution in [2.75, 3.05) is 0 Å². The third kappa shape index (κ3) is 2.17. The second-order valence-electron chi connectivity index (χ2n) is 2.24. The number of hydrogen-bond acceptors (Lipinski definition) is 4. The number of nitrogens with two attached hydrogens (primary N) is 1. The van der Waals surface area contributed by atoms with Gasteiger partial charge in [0.2, 0.25) is 0 Å². The zero-order chi connectivity index (χ0) is 10.1. The van der Waals surface area contributed by atoms with Crippen molar-refractivity contribution in [2.24, 2.45) is 5.73 Å². The number of nitrogens with zero attached hydrogens (tertiary/aromatic N) is 1. The molecule has 1 rings (SSSR count). The van der Waals surface area contributed by atoms with Crippen molar-refractivity contribution >= 4 is 11.3 Å². The van der Waals surface area contributed by atoms with Gasteiger partial charge in [0.05, 0.1) is 11.5 Å². The van der Waals surface area contributed by atoms with Gasteiger partial charge in [-0.05, 0) is 0 Å². The number of halogens is 3. The Morgan fingerprint density at radius 2 is 2.08 bits per heavy atom. The Labute approximate surface area is 76.0 Å². The summed E-state index contributed by atoms with van der Waals surface area (Å²) in [6.07, 6.45) is -4.49. The predicted octanol–water partition coefficient (Wildman–Crippen LogP) is 1.11. The van der Waals surface area contributed by atoms with Gasteiger partial charge >= 0.3 is 6.18 Å². The maximum atomic E-state index is 12.2. The number of aliphatic hydroxyl groups excluding tert-OH is 1. The van der Waals surface area contributed by atoms with E-state index in [2.05, 4.69) is 4.98 Å². The molecular formula is C6H7F3N2OS. The Hall–Kier alpha value is -0.660. The van der Waals surface area contributed by atoms with E-state index in [1.54, 1.807) is 0 Å². The Morgan fingerprint density at radius 1 is 1.46 bits per heavy atom. The monoisotopic (exact) mass is 212 g/mol. The van der Waals surface area contributed by atoms with Crippen molar-refractivity contribution in [3.8, 4) is 0 Å². The molecule has 3 N–H and O–H groups in total. The lowest BCUT2D eigenvalue weighted by molar-refractivity contribution is -0.141. The van der Waals surface area contributed by atoms with Gasteiger partial charge in [-0.2, -0.15) is 13.2 Å². The molecule has 1 aromatic heterocycles. The standard InChI is InChI=1S/C6H7F3N2OS/c7-6(8,9)5-3(1-10)13-4(2-12)11-5/h12H,1-2,10H2. The summed E-state index contributed by atoms with van der Waals surface area (Å²) in [6, 6.07) is 0. The summed E-state index contributed by atoms with van der Waals surface area (Å²) in [5, 5.41) is 8.61. The molecule has 0 bridgehead atoms. The number of hydrogen-bond donors (Lipinski definition) is 2. The van der Waals surface area contributed by atoms with Crippen LogP contribution in [0.2, 0.25) is 0 Å². The van der Waals surface area contributed by atoms with Crippen molar-refractivity contribution in [1.29, 1.82) is 0 Å². The second-order valence-corrected chi connectivity index (χ2v) is 3.41. The highest BCUT2D eigenvalue weighted by Crippen LogP contribution is 2.33. The van der Waals surface area contributed by atoms with E-state index in [0.29, 0.717) is 0 Å². The van der Waals surface area contributed by atoms with Gasteiger partial charge in [0, 0.05) is 6.54 Å². The molecule has 0 unspecified atom stereocenters. The first-order valence-corrected chi connectivity index (χ1v) is 4.17. The molecule has 0 aromatic carbocycles. The Bertz CT molecular complexity index is 297. The molecule has 0 aliphatic carbocycles. The van der Waals surface area contributed by atoms with Crippen LogP contribution in [0.5, 0.6) is 0 Å². The maximum Gasteiger partial charge on any atom is 0.434 e. The van der Waals surface area contributed by atoms with Crippen molar-refractivity contribution in [1.82, 2.24) is 4.98 Å². The Balaban J connectivity index is 3.11. The van der Waals surface area contributed by atoms with Crippen LogP contribution in [0.3, 0.4) is 0 Å². The van der Waals surface area contributed by atoms with Gasteiger partial charge in [0.25, 0.3) is 0 Å². The molecule has 0 aliphatic heterocycles. The summed E-state index contributed by atoms with van der Waals surface area (Å²) >= 11 is 0.780. The van der Waals surface area contributed by atoms with Crippen molar-refractivity contribution in [2.45, 2.75) is 19.3 Å². The van der Waals surface area contributed by atoms with Gasteiger partial charge in [-0.15, -0.1) is 11.3 Å². The largest absolute Gasteiger partial charge is 0.434 e. The highest BCUT2D eigenvalue weighted by molar-refractivity contribution is 7.11. The first-order chi connectivity index (χ1) is 5.99. The molecule has 0 radical (unpaired) electrons. The number of alkyl halides is 3. The molecular weight excluding hydrogens is 205 g/mol. The van der Waals surface area contributed by atoms with Crippen molar-refractivity contribution in [3.05, 3.63) is 15.6 Å². The van der Waals surface area contributed by atoms with E-state index in [9.17, 15) is 13.2 Å². The van der Waals surface area contributed by atoms with Crippen LogP contribution in [-0.2, 0) is 19.3 Å². The fraction of sp³-hybridized carbons (Fsp3) is 0.500. The zero-order valence-electron chi connectivity index (χ0n) is 6.43. The third-order valence-electron chi connectivity index (χ3n) is 1.33. The van der Waals surface area contributed by atoms with Crippen LogP contribution in [0.15, 0.2) is 0 Å². The average Bonchev–Trinajstić information content (AvgIpc) is 2.46. The minimum Gasteiger partial charge on any atom is -0.389 e. The summed E-state index contributed by atoms with van der Waals surface area (Å²) in [6.45, 7) is -0.708. The van der Waals surface area contributed by atoms with E-state index < -0.39 is 18.5 Å². The normalized spacial score (nSPS) is 12.1. The molecule has 7 heteroatoms. The lowest BCUT2D eigenvalue weighted by atomic mass is 10.3. The summed E-state index contributed by atoms with van der Waals surface area (Å²) in [7, 11) is 0. The fourth-order valence-electron chi connectivity index (χ4n) is 0.828. The van der Waals surface area contributed by atoms with E-state index in [1.165, 1.54) is 0 Å². The number of thiazole rings is 1. The van der Waals surface area contributed by atoms with E-state index in [1.807, 2.05) is 0 Å². The van der Waals surface area contributed by atoms with Gasteiger partial charge in [0.15, 0.2) is 5.69 Å². The topological polar surface area (TPSA) is 59.1 Å². The third-order valence-corrected chi connectivity index (χ3v) is 2.39. The molecule has 0 aliphatic rings. The van der Waals surface area contributed by atoms with Crippen LogP contribution in [-0.4, -0.2) is 10.1 Å². The smallest absolute Gasteiger partial charge is 0.389 e. The maximum absolute atomic E-state index is 12.2. The minimum atomic E-state index is -4.49. The summed E-state index contributed by atoms with van der Waals surface area (Å²) < 4.78 is 36.6. The highest BCUT2D eigenvalue weighted by Gasteiger charge is 2.36. The zero-order valence-corrected chi connectivity index (χ0v) is 7.24. The lowest BCUT2D eigenvalue weighted by Gasteiger charge is -2.03. The highest BCUT2D eigenvalue weighted by atomic mass is 32.1. The van der Waals surface area contributed by atoms with E-state index >= 15 is 0 Å². The second kappa shape index (κ2) is 3.60. The van der Waals surface area contributed by atoms with E-state index in [0.717, 1.165) is 11.3 Å². The average molecular weight is 212 g/mol. The first-order valence-electron chi connectivity index (χ1n) is 3.35.